The zero-order valence-corrected chi connectivity index (χ0v) is 10.8. The van der Waals surface area contributed by atoms with Crippen molar-refractivity contribution in [2.75, 3.05) is 7.11 Å². The molecule has 0 spiro atoms. The van der Waals surface area contributed by atoms with Gasteiger partial charge in [0.1, 0.15) is 0 Å². The van der Waals surface area contributed by atoms with Crippen LogP contribution < -0.4 is 4.74 Å². The van der Waals surface area contributed by atoms with Gasteiger partial charge in [0.2, 0.25) is 5.88 Å². The van der Waals surface area contributed by atoms with Crippen molar-refractivity contribution in [1.29, 1.82) is 0 Å². The zero-order valence-electron chi connectivity index (χ0n) is 7.72. The molecule has 0 aliphatic rings. The lowest BCUT2D eigenvalue weighted by Crippen LogP contribution is -1.90. The monoisotopic (exact) mass is 305 g/mol. The Kier molecular flexibility index (Phi) is 3.05. The molecule has 0 atom stereocenters. The number of aromatic nitrogens is 1. The standard InChI is InChI=1S/C10H6BrCl2NO/c1-15-10-7(11)4-6-8(13)2-5(12)3-9(6)14-10/h2-4H,1H3. The minimum atomic E-state index is 0.515. The average Bonchev–Trinajstić information content (AvgIpc) is 2.18. The number of ether oxygens (including phenoxy) is 1. The minimum Gasteiger partial charge on any atom is -0.480 e. The highest BCUT2D eigenvalue weighted by atomic mass is 79.9. The molecule has 0 saturated carbocycles. The van der Waals surface area contributed by atoms with Crippen LogP contribution in [0.1, 0.15) is 0 Å². The molecule has 0 saturated heterocycles. The highest BCUT2D eigenvalue weighted by molar-refractivity contribution is 9.10. The number of benzene rings is 1. The molecule has 2 nitrogen and oxygen atoms in total. The third-order valence-electron chi connectivity index (χ3n) is 1.96. The van der Waals surface area contributed by atoms with E-state index in [2.05, 4.69) is 20.9 Å². The van der Waals surface area contributed by atoms with Crippen LogP contribution in [-0.4, -0.2) is 12.1 Å². The summed E-state index contributed by atoms with van der Waals surface area (Å²) >= 11 is 15.3. The van der Waals surface area contributed by atoms with E-state index < -0.39 is 0 Å². The second-order valence-electron chi connectivity index (χ2n) is 2.93. The lowest BCUT2D eigenvalue weighted by Gasteiger charge is -2.06. The predicted molar refractivity (Wildman–Crippen MR) is 66.0 cm³/mol. The van der Waals surface area contributed by atoms with Crippen molar-refractivity contribution in [2.24, 2.45) is 0 Å². The summed E-state index contributed by atoms with van der Waals surface area (Å²) < 4.78 is 5.85. The molecule has 0 aliphatic heterocycles. The second kappa shape index (κ2) is 4.16. The molecule has 0 radical (unpaired) electrons. The van der Waals surface area contributed by atoms with E-state index in [0.717, 1.165) is 9.86 Å². The zero-order chi connectivity index (χ0) is 11.0. The third kappa shape index (κ3) is 2.05. The largest absolute Gasteiger partial charge is 0.480 e. The number of fused-ring (bicyclic) bond motifs is 1. The van der Waals surface area contributed by atoms with E-state index in [1.807, 2.05) is 6.07 Å². The first-order valence-corrected chi connectivity index (χ1v) is 5.66. The van der Waals surface area contributed by atoms with E-state index in [-0.39, 0.29) is 0 Å². The fourth-order valence-corrected chi connectivity index (χ4v) is 2.32. The Morgan fingerprint density at radius 2 is 2.00 bits per heavy atom. The van der Waals surface area contributed by atoms with Gasteiger partial charge in [-0.1, -0.05) is 23.2 Å². The molecular weight excluding hydrogens is 301 g/mol. The van der Waals surface area contributed by atoms with Gasteiger partial charge in [-0.25, -0.2) is 4.98 Å². The third-order valence-corrected chi connectivity index (χ3v) is 3.06. The fraction of sp³-hybridized carbons (Fsp3) is 0.100. The number of hydrogen-bond acceptors (Lipinski definition) is 2. The van der Waals surface area contributed by atoms with Gasteiger partial charge in [-0.15, -0.1) is 0 Å². The summed E-state index contributed by atoms with van der Waals surface area (Å²) in [6, 6.07) is 5.30. The SMILES string of the molecule is COc1nc2cc(Cl)cc(Cl)c2cc1Br. The molecule has 2 aromatic rings. The van der Waals surface area contributed by atoms with E-state index in [4.69, 9.17) is 27.9 Å². The summed E-state index contributed by atoms with van der Waals surface area (Å²) in [4.78, 5) is 4.28. The fourth-order valence-electron chi connectivity index (χ4n) is 1.30. The highest BCUT2D eigenvalue weighted by Crippen LogP contribution is 2.32. The Hall–Kier alpha value is -0.510. The maximum absolute atomic E-state index is 6.04. The molecule has 0 bridgehead atoms. The first-order chi connectivity index (χ1) is 7.11. The molecule has 0 amide bonds. The predicted octanol–water partition coefficient (Wildman–Crippen LogP) is 4.31. The maximum Gasteiger partial charge on any atom is 0.228 e. The van der Waals surface area contributed by atoms with Crippen LogP contribution in [-0.2, 0) is 0 Å². The second-order valence-corrected chi connectivity index (χ2v) is 4.63. The van der Waals surface area contributed by atoms with Gasteiger partial charge in [0.05, 0.1) is 22.1 Å². The van der Waals surface area contributed by atoms with Crippen LogP contribution in [0.2, 0.25) is 10.0 Å². The van der Waals surface area contributed by atoms with Gasteiger partial charge in [-0.2, -0.15) is 0 Å². The van der Waals surface area contributed by atoms with E-state index in [0.29, 0.717) is 21.4 Å². The van der Waals surface area contributed by atoms with Crippen LogP contribution in [0.4, 0.5) is 0 Å². The van der Waals surface area contributed by atoms with Crippen LogP contribution in [0.5, 0.6) is 5.88 Å². The maximum atomic E-state index is 6.04. The Morgan fingerprint density at radius 3 is 2.67 bits per heavy atom. The smallest absolute Gasteiger partial charge is 0.228 e. The Balaban J connectivity index is 2.81. The summed E-state index contributed by atoms with van der Waals surface area (Å²) in [5.41, 5.74) is 0.715. The quantitative estimate of drug-likeness (QED) is 0.783. The van der Waals surface area contributed by atoms with Gasteiger partial charge in [0.15, 0.2) is 0 Å². The number of pyridine rings is 1. The number of hydrogen-bond donors (Lipinski definition) is 0. The van der Waals surface area contributed by atoms with Gasteiger partial charge >= 0.3 is 0 Å². The van der Waals surface area contributed by atoms with Gasteiger partial charge in [0, 0.05) is 10.4 Å². The van der Waals surface area contributed by atoms with E-state index in [1.165, 1.54) is 0 Å². The Morgan fingerprint density at radius 1 is 1.27 bits per heavy atom. The van der Waals surface area contributed by atoms with Crippen molar-refractivity contribution in [3.63, 3.8) is 0 Å². The van der Waals surface area contributed by atoms with Crippen molar-refractivity contribution in [2.45, 2.75) is 0 Å². The molecule has 5 heteroatoms. The van der Waals surface area contributed by atoms with Crippen molar-refractivity contribution < 1.29 is 4.74 Å². The molecule has 78 valence electrons. The molecule has 15 heavy (non-hydrogen) atoms. The van der Waals surface area contributed by atoms with Gasteiger partial charge in [-0.05, 0) is 34.1 Å². The molecule has 0 aliphatic carbocycles. The van der Waals surface area contributed by atoms with E-state index in [1.54, 1.807) is 19.2 Å². The van der Waals surface area contributed by atoms with Gasteiger partial charge < -0.3 is 4.74 Å². The molecule has 1 aromatic heterocycles. The Labute approximate surface area is 105 Å². The Bertz CT molecular complexity index is 530. The molecular formula is C10H6BrCl2NO. The van der Waals surface area contributed by atoms with Crippen molar-refractivity contribution in [3.05, 3.63) is 32.7 Å². The normalized spacial score (nSPS) is 10.7. The molecule has 1 heterocycles. The lowest BCUT2D eigenvalue weighted by molar-refractivity contribution is 0.397. The van der Waals surface area contributed by atoms with Crippen LogP contribution in [0, 0.1) is 0 Å². The summed E-state index contributed by atoms with van der Waals surface area (Å²) in [7, 11) is 1.56. The number of rotatable bonds is 1. The number of halogens is 3. The van der Waals surface area contributed by atoms with Crippen molar-refractivity contribution in [3.8, 4) is 5.88 Å². The first kappa shape index (κ1) is 11.0. The van der Waals surface area contributed by atoms with Crippen LogP contribution in [0.15, 0.2) is 22.7 Å². The van der Waals surface area contributed by atoms with Gasteiger partial charge in [0.25, 0.3) is 0 Å². The molecule has 0 fully saturated rings. The van der Waals surface area contributed by atoms with Crippen molar-refractivity contribution in [1.82, 2.24) is 4.98 Å². The van der Waals surface area contributed by atoms with E-state index in [9.17, 15) is 0 Å². The summed E-state index contributed by atoms with van der Waals surface area (Å²) in [6.07, 6.45) is 0. The molecule has 0 N–H and O–H groups in total. The highest BCUT2D eigenvalue weighted by Gasteiger charge is 2.08. The summed E-state index contributed by atoms with van der Waals surface area (Å²) in [5.74, 6) is 0.515. The van der Waals surface area contributed by atoms with Crippen molar-refractivity contribution >= 4 is 50.0 Å². The molecule has 2 rings (SSSR count). The number of methoxy groups -OCH3 is 1. The molecule has 0 unspecified atom stereocenters. The summed E-state index contributed by atoms with van der Waals surface area (Å²) in [5, 5.41) is 1.98. The minimum absolute atomic E-state index is 0.515. The topological polar surface area (TPSA) is 22.1 Å². The van der Waals surface area contributed by atoms with Gasteiger partial charge in [-0.3, -0.25) is 0 Å². The summed E-state index contributed by atoms with van der Waals surface area (Å²) in [6.45, 7) is 0. The van der Waals surface area contributed by atoms with Crippen LogP contribution >= 0.6 is 39.1 Å². The lowest BCUT2D eigenvalue weighted by atomic mass is 10.2. The average molecular weight is 307 g/mol. The number of nitrogens with zero attached hydrogens (tertiary/aromatic N) is 1. The first-order valence-electron chi connectivity index (χ1n) is 4.11. The van der Waals surface area contributed by atoms with Crippen LogP contribution in [0.25, 0.3) is 10.9 Å². The van der Waals surface area contributed by atoms with Crippen LogP contribution in [0.3, 0.4) is 0 Å². The van der Waals surface area contributed by atoms with E-state index >= 15 is 0 Å². The molecule has 1 aromatic carbocycles.